The van der Waals surface area contributed by atoms with Crippen molar-refractivity contribution in [2.24, 2.45) is 0 Å². The maximum Gasteiger partial charge on any atom is 0.226 e. The van der Waals surface area contributed by atoms with Crippen LogP contribution in [0.15, 0.2) is 35.7 Å². The summed E-state index contributed by atoms with van der Waals surface area (Å²) in [7, 11) is 0. The number of nitrogens with one attached hydrogen (secondary N) is 1. The van der Waals surface area contributed by atoms with Crippen LogP contribution in [0, 0.1) is 6.92 Å². The molecule has 0 aliphatic carbocycles. The summed E-state index contributed by atoms with van der Waals surface area (Å²) in [5, 5.41) is 6.05. The number of aromatic nitrogens is 1. The van der Waals surface area contributed by atoms with E-state index in [1.807, 2.05) is 12.3 Å². The highest BCUT2D eigenvalue weighted by Gasteiger charge is 2.41. The summed E-state index contributed by atoms with van der Waals surface area (Å²) < 4.78 is 5.96. The summed E-state index contributed by atoms with van der Waals surface area (Å²) in [6, 6.07) is 10.7. The molecule has 1 aromatic carbocycles. The molecule has 0 saturated carbocycles. The Hall–Kier alpha value is -1.72. The predicted octanol–water partition coefficient (Wildman–Crippen LogP) is 4.03. The molecule has 1 fully saturated rings. The number of benzene rings is 1. The van der Waals surface area contributed by atoms with Gasteiger partial charge in [0.2, 0.25) is 5.91 Å². The van der Waals surface area contributed by atoms with E-state index in [4.69, 9.17) is 4.74 Å². The zero-order valence-electron chi connectivity index (χ0n) is 15.9. The average Bonchev–Trinajstić information content (AvgIpc) is 2.99. The van der Waals surface area contributed by atoms with Gasteiger partial charge >= 0.3 is 0 Å². The Bertz CT molecular complexity index is 741. The highest BCUT2D eigenvalue weighted by molar-refractivity contribution is 7.09. The Morgan fingerprint density at radius 1 is 1.31 bits per heavy atom. The number of thiazole rings is 1. The minimum Gasteiger partial charge on any atom is -0.376 e. The van der Waals surface area contributed by atoms with E-state index in [1.165, 1.54) is 5.56 Å². The number of carbonyl (C=O) groups is 1. The maximum atomic E-state index is 12.3. The van der Waals surface area contributed by atoms with Crippen molar-refractivity contribution in [1.82, 2.24) is 10.3 Å². The third-order valence-corrected chi connectivity index (χ3v) is 5.98. The van der Waals surface area contributed by atoms with Gasteiger partial charge in [-0.2, -0.15) is 0 Å². The summed E-state index contributed by atoms with van der Waals surface area (Å²) in [5.74, 6) is 0.0461. The molecule has 1 amide bonds. The van der Waals surface area contributed by atoms with Gasteiger partial charge in [0.05, 0.1) is 22.7 Å². The minimum atomic E-state index is -0.143. The van der Waals surface area contributed by atoms with E-state index in [-0.39, 0.29) is 16.9 Å². The van der Waals surface area contributed by atoms with Crippen molar-refractivity contribution in [1.29, 1.82) is 0 Å². The molecule has 5 heteroatoms. The van der Waals surface area contributed by atoms with Crippen LogP contribution in [0.25, 0.3) is 0 Å². The third kappa shape index (κ3) is 4.71. The van der Waals surface area contributed by atoms with Crippen molar-refractivity contribution in [3.05, 3.63) is 52.0 Å². The molecule has 1 atom stereocenters. The molecule has 0 spiro atoms. The lowest BCUT2D eigenvalue weighted by molar-refractivity contribution is -0.120. The van der Waals surface area contributed by atoms with Gasteiger partial charge in [0.15, 0.2) is 0 Å². The molecule has 140 valence electrons. The van der Waals surface area contributed by atoms with Crippen LogP contribution in [0.2, 0.25) is 0 Å². The van der Waals surface area contributed by atoms with Crippen LogP contribution in [0.4, 0.5) is 0 Å². The maximum absolute atomic E-state index is 12.3. The molecule has 0 unspecified atom stereocenters. The average molecular weight is 373 g/mol. The smallest absolute Gasteiger partial charge is 0.226 e. The minimum absolute atomic E-state index is 0.0461. The first-order valence-corrected chi connectivity index (χ1v) is 10.1. The van der Waals surface area contributed by atoms with Crippen LogP contribution >= 0.6 is 11.3 Å². The number of amides is 1. The van der Waals surface area contributed by atoms with E-state index in [2.05, 4.69) is 54.5 Å². The quantitative estimate of drug-likeness (QED) is 0.833. The number of hydrogen-bond acceptors (Lipinski definition) is 4. The van der Waals surface area contributed by atoms with E-state index in [0.717, 1.165) is 36.6 Å². The number of nitrogens with zero attached hydrogens (tertiary/aromatic N) is 1. The lowest BCUT2D eigenvalue weighted by Gasteiger charge is -2.45. The highest BCUT2D eigenvalue weighted by atomic mass is 32.1. The second-order valence-electron chi connectivity index (χ2n) is 7.82. The number of carbonyl (C=O) groups excluding carboxylic acids is 1. The Morgan fingerprint density at radius 3 is 2.73 bits per heavy atom. The van der Waals surface area contributed by atoms with E-state index in [1.54, 1.807) is 11.3 Å². The number of ether oxygens (including phenoxy) is 1. The second-order valence-corrected chi connectivity index (χ2v) is 8.88. The largest absolute Gasteiger partial charge is 0.376 e. The fraction of sp³-hybridized carbons (Fsp3) is 0.524. The first-order valence-electron chi connectivity index (χ1n) is 9.26. The van der Waals surface area contributed by atoms with Crippen molar-refractivity contribution < 1.29 is 9.53 Å². The Balaban J connectivity index is 1.64. The molecule has 0 bridgehead atoms. The predicted molar refractivity (Wildman–Crippen MR) is 106 cm³/mol. The van der Waals surface area contributed by atoms with Crippen LogP contribution in [0.5, 0.6) is 0 Å². The molecule has 0 radical (unpaired) electrons. The van der Waals surface area contributed by atoms with Crippen molar-refractivity contribution in [3.8, 4) is 0 Å². The third-order valence-electron chi connectivity index (χ3n) is 5.16. The van der Waals surface area contributed by atoms with Crippen molar-refractivity contribution in [2.45, 2.75) is 57.5 Å². The molecule has 1 N–H and O–H groups in total. The molecule has 1 aromatic heterocycles. The zero-order valence-corrected chi connectivity index (χ0v) is 16.7. The van der Waals surface area contributed by atoms with Crippen LogP contribution in [0.1, 0.15) is 49.4 Å². The standard InChI is InChI=1S/C21H28N2O2S/c1-16-23-18(14-26-16)13-19(24)22-11-9-21(17-7-5-4-6-8-17)10-12-25-20(2,3)15-21/h4-8,14H,9-13,15H2,1-3H3,(H,22,24)/t21-/m0/s1. The summed E-state index contributed by atoms with van der Waals surface area (Å²) in [4.78, 5) is 16.6. The summed E-state index contributed by atoms with van der Waals surface area (Å²) in [5.41, 5.74) is 2.11. The Morgan fingerprint density at radius 2 is 2.08 bits per heavy atom. The molecule has 4 nitrogen and oxygen atoms in total. The zero-order chi connectivity index (χ0) is 18.6. The van der Waals surface area contributed by atoms with Crippen molar-refractivity contribution >= 4 is 17.2 Å². The Kier molecular flexibility index (Phi) is 5.78. The topological polar surface area (TPSA) is 51.2 Å². The van der Waals surface area contributed by atoms with Crippen LogP contribution in [-0.2, 0) is 21.4 Å². The normalized spacial score (nSPS) is 22.1. The van der Waals surface area contributed by atoms with Gasteiger partial charge in [-0.15, -0.1) is 11.3 Å². The molecule has 1 aliphatic heterocycles. The molecule has 26 heavy (non-hydrogen) atoms. The van der Waals surface area contributed by atoms with Gasteiger partial charge in [-0.1, -0.05) is 30.3 Å². The van der Waals surface area contributed by atoms with Gasteiger partial charge < -0.3 is 10.1 Å². The molecule has 2 heterocycles. The van der Waals surface area contributed by atoms with Gasteiger partial charge in [-0.3, -0.25) is 4.79 Å². The van der Waals surface area contributed by atoms with E-state index in [0.29, 0.717) is 13.0 Å². The van der Waals surface area contributed by atoms with Gasteiger partial charge in [-0.25, -0.2) is 4.98 Å². The molecule has 2 aromatic rings. The van der Waals surface area contributed by atoms with Gasteiger partial charge in [-0.05, 0) is 45.6 Å². The lowest BCUT2D eigenvalue weighted by atomic mass is 9.67. The Labute approximate surface area is 160 Å². The number of hydrogen-bond donors (Lipinski definition) is 1. The van der Waals surface area contributed by atoms with E-state index < -0.39 is 0 Å². The summed E-state index contributed by atoms with van der Waals surface area (Å²) in [6.45, 7) is 7.71. The number of rotatable bonds is 6. The molecular formula is C21H28N2O2S. The highest BCUT2D eigenvalue weighted by Crippen LogP contribution is 2.43. The molecule has 3 rings (SSSR count). The van der Waals surface area contributed by atoms with E-state index in [9.17, 15) is 4.79 Å². The molecule has 1 aliphatic rings. The fourth-order valence-electron chi connectivity index (χ4n) is 4.03. The van der Waals surface area contributed by atoms with Gasteiger partial charge in [0.1, 0.15) is 0 Å². The molecular weight excluding hydrogens is 344 g/mol. The summed E-state index contributed by atoms with van der Waals surface area (Å²) >= 11 is 1.58. The van der Waals surface area contributed by atoms with Crippen molar-refractivity contribution in [2.75, 3.05) is 13.2 Å². The fourth-order valence-corrected chi connectivity index (χ4v) is 4.64. The van der Waals surface area contributed by atoms with Gasteiger partial charge in [0.25, 0.3) is 0 Å². The SMILES string of the molecule is Cc1nc(CC(=O)NCC[C@]2(c3ccccc3)CCOC(C)(C)C2)cs1. The van der Waals surface area contributed by atoms with Crippen molar-refractivity contribution in [3.63, 3.8) is 0 Å². The molecule has 1 saturated heterocycles. The van der Waals surface area contributed by atoms with Gasteiger partial charge in [0, 0.05) is 23.9 Å². The lowest BCUT2D eigenvalue weighted by Crippen LogP contribution is -2.45. The number of aryl methyl sites for hydroxylation is 1. The summed E-state index contributed by atoms with van der Waals surface area (Å²) in [6.07, 6.45) is 3.23. The first kappa shape index (κ1) is 19.1. The van der Waals surface area contributed by atoms with E-state index >= 15 is 0 Å². The first-order chi connectivity index (χ1) is 12.4. The van der Waals surface area contributed by atoms with Crippen LogP contribution in [0.3, 0.4) is 0 Å². The second kappa shape index (κ2) is 7.89. The van der Waals surface area contributed by atoms with Crippen LogP contribution in [-0.4, -0.2) is 29.6 Å². The van der Waals surface area contributed by atoms with Crippen LogP contribution < -0.4 is 5.32 Å². The monoisotopic (exact) mass is 372 g/mol.